The van der Waals surface area contributed by atoms with E-state index in [1.165, 1.54) is 0 Å². The van der Waals surface area contributed by atoms with Crippen molar-refractivity contribution >= 4 is 12.1 Å². The number of nitrogens with one attached hydrogen (secondary N) is 1. The zero-order valence-corrected chi connectivity index (χ0v) is 15.3. The third kappa shape index (κ3) is 5.92. The Kier molecular flexibility index (Phi) is 6.39. The van der Waals surface area contributed by atoms with Gasteiger partial charge in [0, 0.05) is 24.3 Å². The lowest BCUT2D eigenvalue weighted by Crippen LogP contribution is -2.45. The first-order valence-corrected chi connectivity index (χ1v) is 8.55. The molecule has 5 nitrogen and oxygen atoms in total. The highest BCUT2D eigenvalue weighted by Gasteiger charge is 2.28. The molecule has 0 aromatic heterocycles. The van der Waals surface area contributed by atoms with Crippen molar-refractivity contribution < 1.29 is 19.4 Å². The van der Waals surface area contributed by atoms with Crippen LogP contribution in [0, 0.1) is 0 Å². The summed E-state index contributed by atoms with van der Waals surface area (Å²) in [4.78, 5) is 23.6. The van der Waals surface area contributed by atoms with Crippen molar-refractivity contribution in [3.05, 3.63) is 71.8 Å². The molecule has 0 aliphatic heterocycles. The van der Waals surface area contributed by atoms with Gasteiger partial charge in [-0.2, -0.15) is 0 Å². The molecule has 2 aromatic carbocycles. The summed E-state index contributed by atoms with van der Waals surface area (Å²) >= 11 is 0. The van der Waals surface area contributed by atoms with E-state index in [2.05, 4.69) is 5.32 Å². The lowest BCUT2D eigenvalue weighted by atomic mass is 9.83. The van der Waals surface area contributed by atoms with Gasteiger partial charge in [0.15, 0.2) is 0 Å². The Balaban J connectivity index is 2.38. The van der Waals surface area contributed by atoms with Crippen LogP contribution >= 0.6 is 0 Å². The molecule has 0 heterocycles. The fraction of sp³-hybridized carbons (Fsp3) is 0.333. The predicted molar refractivity (Wildman–Crippen MR) is 97.5 cm³/mol. The fourth-order valence-electron chi connectivity index (χ4n) is 2.87. The largest absolute Gasteiger partial charge is 0.550 e. The highest BCUT2D eigenvalue weighted by Crippen LogP contribution is 2.29. The monoisotopic (exact) mass is 354 g/mol. The average Bonchev–Trinajstić information content (AvgIpc) is 2.54. The third-order valence-electron chi connectivity index (χ3n) is 3.81. The van der Waals surface area contributed by atoms with Crippen molar-refractivity contribution in [2.45, 2.75) is 44.8 Å². The Morgan fingerprint density at radius 3 is 1.81 bits per heavy atom. The molecule has 2 aromatic rings. The Morgan fingerprint density at radius 2 is 1.42 bits per heavy atom. The number of ether oxygens (including phenoxy) is 1. The van der Waals surface area contributed by atoms with Crippen LogP contribution in [0.3, 0.4) is 0 Å². The molecule has 1 N–H and O–H groups in total. The third-order valence-corrected chi connectivity index (χ3v) is 3.81. The van der Waals surface area contributed by atoms with Gasteiger partial charge in [-0.15, -0.1) is 0 Å². The first kappa shape index (κ1) is 19.5. The quantitative estimate of drug-likeness (QED) is 0.865. The zero-order chi connectivity index (χ0) is 19.2. The number of carbonyl (C=O) groups excluding carboxylic acids is 2. The lowest BCUT2D eigenvalue weighted by Gasteiger charge is -2.30. The molecule has 0 fully saturated rings. The van der Waals surface area contributed by atoms with Crippen molar-refractivity contribution in [3.63, 3.8) is 0 Å². The molecule has 0 aliphatic carbocycles. The van der Waals surface area contributed by atoms with Crippen molar-refractivity contribution in [2.24, 2.45) is 0 Å². The van der Waals surface area contributed by atoms with Gasteiger partial charge >= 0.3 is 6.09 Å². The molecule has 138 valence electrons. The van der Waals surface area contributed by atoms with E-state index in [1.807, 2.05) is 60.7 Å². The molecule has 5 heteroatoms. The van der Waals surface area contributed by atoms with Gasteiger partial charge in [0.1, 0.15) is 5.60 Å². The van der Waals surface area contributed by atoms with Crippen LogP contribution in [0.4, 0.5) is 4.79 Å². The van der Waals surface area contributed by atoms with Gasteiger partial charge in [-0.1, -0.05) is 60.7 Å². The van der Waals surface area contributed by atoms with Gasteiger partial charge in [-0.3, -0.25) is 0 Å². The highest BCUT2D eigenvalue weighted by molar-refractivity contribution is 5.71. The number of alkyl carbamates (subject to hydrolysis) is 1. The summed E-state index contributed by atoms with van der Waals surface area (Å²) < 4.78 is 5.31. The average molecular weight is 354 g/mol. The standard InChI is InChI=1S/C21H25NO4/c1-21(2,3)26-20(25)22-17(14-18(23)24)19(15-10-6-4-7-11-15)16-12-8-5-9-13-16/h4-13,17,19H,14H2,1-3H3,(H,22,25)(H,23,24)/p-1/t17-/m0/s1. The fourth-order valence-corrected chi connectivity index (χ4v) is 2.87. The van der Waals surface area contributed by atoms with E-state index >= 15 is 0 Å². The smallest absolute Gasteiger partial charge is 0.407 e. The van der Waals surface area contributed by atoms with Crippen LogP contribution in [0.1, 0.15) is 44.2 Å². The van der Waals surface area contributed by atoms with Gasteiger partial charge < -0.3 is 20.0 Å². The molecule has 26 heavy (non-hydrogen) atoms. The predicted octanol–water partition coefficient (Wildman–Crippen LogP) is 2.85. The molecule has 1 atom stereocenters. The second-order valence-electron chi connectivity index (χ2n) is 7.13. The van der Waals surface area contributed by atoms with E-state index in [4.69, 9.17) is 4.74 Å². The topological polar surface area (TPSA) is 78.5 Å². The van der Waals surface area contributed by atoms with Gasteiger partial charge in [0.2, 0.25) is 0 Å². The summed E-state index contributed by atoms with van der Waals surface area (Å²) in [5.74, 6) is -1.58. The second kappa shape index (κ2) is 8.52. The molecule has 0 saturated heterocycles. The van der Waals surface area contributed by atoms with Crippen LogP contribution in [-0.2, 0) is 9.53 Å². The molecular weight excluding hydrogens is 330 g/mol. The van der Waals surface area contributed by atoms with E-state index in [0.29, 0.717) is 0 Å². The maximum atomic E-state index is 12.3. The molecular formula is C21H24NO4-. The molecule has 0 unspecified atom stereocenters. The highest BCUT2D eigenvalue weighted by atomic mass is 16.6. The van der Waals surface area contributed by atoms with Crippen LogP contribution in [0.15, 0.2) is 60.7 Å². The number of benzene rings is 2. The first-order chi connectivity index (χ1) is 12.3. The Bertz CT molecular complexity index is 683. The molecule has 0 spiro atoms. The number of carbonyl (C=O) groups is 2. The molecule has 1 amide bonds. The van der Waals surface area contributed by atoms with Gasteiger partial charge in [-0.25, -0.2) is 4.79 Å². The Labute approximate surface area is 154 Å². The van der Waals surface area contributed by atoms with Crippen LogP contribution in [0.5, 0.6) is 0 Å². The summed E-state index contributed by atoms with van der Waals surface area (Å²) in [7, 11) is 0. The summed E-state index contributed by atoms with van der Waals surface area (Å²) in [6.45, 7) is 5.27. The van der Waals surface area contributed by atoms with Crippen LogP contribution in [0.2, 0.25) is 0 Å². The minimum absolute atomic E-state index is 0.326. The molecule has 0 saturated carbocycles. The van der Waals surface area contributed by atoms with Gasteiger partial charge in [0.05, 0.1) is 0 Å². The maximum Gasteiger partial charge on any atom is 0.407 e. The maximum absolute atomic E-state index is 12.3. The number of aliphatic carboxylic acids is 1. The molecule has 0 radical (unpaired) electrons. The number of amides is 1. The number of carboxylic acids is 1. The number of hydrogen-bond donors (Lipinski definition) is 1. The van der Waals surface area contributed by atoms with Crippen LogP contribution in [-0.4, -0.2) is 23.7 Å². The Morgan fingerprint density at radius 1 is 0.962 bits per heavy atom. The Hall–Kier alpha value is -2.82. The van der Waals surface area contributed by atoms with Crippen LogP contribution in [0.25, 0.3) is 0 Å². The summed E-state index contributed by atoms with van der Waals surface area (Å²) in [5.41, 5.74) is 1.13. The summed E-state index contributed by atoms with van der Waals surface area (Å²) in [6, 6.07) is 18.3. The summed E-state index contributed by atoms with van der Waals surface area (Å²) in [6.07, 6.45) is -0.978. The minimum atomic E-state index is -1.23. The number of hydrogen-bond acceptors (Lipinski definition) is 4. The van der Waals surface area contributed by atoms with Crippen molar-refractivity contribution in [3.8, 4) is 0 Å². The summed E-state index contributed by atoms with van der Waals surface area (Å²) in [5, 5.41) is 14.1. The van der Waals surface area contributed by atoms with Gasteiger partial charge in [-0.05, 0) is 31.9 Å². The molecule has 0 aliphatic rings. The van der Waals surface area contributed by atoms with E-state index in [-0.39, 0.29) is 12.3 Å². The normalized spacial score (nSPS) is 12.5. The SMILES string of the molecule is CC(C)(C)OC(=O)N[C@@H](CC(=O)[O-])C(c1ccccc1)c1ccccc1. The van der Waals surface area contributed by atoms with Gasteiger partial charge in [0.25, 0.3) is 0 Å². The first-order valence-electron chi connectivity index (χ1n) is 8.55. The van der Waals surface area contributed by atoms with Crippen molar-refractivity contribution in [1.29, 1.82) is 0 Å². The second-order valence-corrected chi connectivity index (χ2v) is 7.13. The number of carboxylic acid groups (broad SMARTS) is 1. The number of rotatable bonds is 6. The van der Waals surface area contributed by atoms with Crippen molar-refractivity contribution in [2.75, 3.05) is 0 Å². The van der Waals surface area contributed by atoms with E-state index in [9.17, 15) is 14.7 Å². The van der Waals surface area contributed by atoms with Crippen LogP contribution < -0.4 is 10.4 Å². The molecule has 0 bridgehead atoms. The van der Waals surface area contributed by atoms with E-state index < -0.39 is 23.7 Å². The van der Waals surface area contributed by atoms with E-state index in [0.717, 1.165) is 11.1 Å². The molecule has 2 rings (SSSR count). The lowest BCUT2D eigenvalue weighted by molar-refractivity contribution is -0.306. The minimum Gasteiger partial charge on any atom is -0.550 e. The van der Waals surface area contributed by atoms with E-state index in [1.54, 1.807) is 20.8 Å². The van der Waals surface area contributed by atoms with Crippen molar-refractivity contribution in [1.82, 2.24) is 5.32 Å². The zero-order valence-electron chi connectivity index (χ0n) is 15.3.